The summed E-state index contributed by atoms with van der Waals surface area (Å²) in [6.45, 7) is 5.80. The summed E-state index contributed by atoms with van der Waals surface area (Å²) in [6, 6.07) is 0. The minimum Gasteiger partial charge on any atom is -0.300 e. The lowest BCUT2D eigenvalue weighted by Crippen LogP contribution is -2.47. The molecule has 0 heterocycles. The zero-order valence-corrected chi connectivity index (χ0v) is 7.35. The van der Waals surface area contributed by atoms with E-state index < -0.39 is 0 Å². The molecule has 11 heavy (non-hydrogen) atoms. The zero-order valence-electron chi connectivity index (χ0n) is 7.35. The van der Waals surface area contributed by atoms with Crippen LogP contribution >= 0.6 is 0 Å². The van der Waals surface area contributed by atoms with E-state index in [2.05, 4.69) is 19.8 Å². The Kier molecular flexibility index (Phi) is 1.80. The van der Waals surface area contributed by atoms with Crippen LogP contribution < -0.4 is 0 Å². The minimum atomic E-state index is 0.0422. The second-order valence-corrected chi connectivity index (χ2v) is 3.94. The Labute approximate surface area is 68.2 Å². The van der Waals surface area contributed by atoms with Crippen molar-refractivity contribution in [2.24, 2.45) is 17.3 Å². The Morgan fingerprint density at radius 1 is 1.64 bits per heavy atom. The maximum atomic E-state index is 11.0. The molecule has 1 heteroatoms. The topological polar surface area (TPSA) is 17.1 Å². The van der Waals surface area contributed by atoms with Crippen LogP contribution in [0.3, 0.4) is 0 Å². The van der Waals surface area contributed by atoms with E-state index in [0.29, 0.717) is 5.92 Å². The predicted molar refractivity (Wildman–Crippen MR) is 44.9 cm³/mol. The highest BCUT2D eigenvalue weighted by Gasteiger charge is 2.49. The standard InChI is InChI=1S/C10H14O/c1-5-8-6-9(7(2)11)10(8,3)4/h1,8-9H,6H2,2-4H3. The second-order valence-electron chi connectivity index (χ2n) is 3.94. The van der Waals surface area contributed by atoms with E-state index in [-0.39, 0.29) is 17.1 Å². The summed E-state index contributed by atoms with van der Waals surface area (Å²) in [5, 5.41) is 0. The molecule has 1 aliphatic rings. The fourth-order valence-electron chi connectivity index (χ4n) is 1.90. The smallest absolute Gasteiger partial charge is 0.133 e. The molecule has 2 atom stereocenters. The van der Waals surface area contributed by atoms with Gasteiger partial charge in [0.15, 0.2) is 0 Å². The maximum absolute atomic E-state index is 11.0. The van der Waals surface area contributed by atoms with Crippen LogP contribution in [0.1, 0.15) is 27.2 Å². The Balaban J connectivity index is 2.70. The first-order valence-corrected chi connectivity index (χ1v) is 3.96. The van der Waals surface area contributed by atoms with Crippen molar-refractivity contribution in [3.63, 3.8) is 0 Å². The monoisotopic (exact) mass is 150 g/mol. The van der Waals surface area contributed by atoms with Crippen molar-refractivity contribution >= 4 is 5.78 Å². The van der Waals surface area contributed by atoms with Crippen LogP contribution in [0.25, 0.3) is 0 Å². The molecule has 2 unspecified atom stereocenters. The predicted octanol–water partition coefficient (Wildman–Crippen LogP) is 1.87. The molecule has 0 saturated heterocycles. The molecule has 0 radical (unpaired) electrons. The summed E-state index contributed by atoms with van der Waals surface area (Å²) >= 11 is 0. The van der Waals surface area contributed by atoms with Crippen LogP contribution in [0.5, 0.6) is 0 Å². The van der Waals surface area contributed by atoms with E-state index in [1.807, 2.05) is 0 Å². The summed E-state index contributed by atoms with van der Waals surface area (Å²) in [4.78, 5) is 11.0. The summed E-state index contributed by atoms with van der Waals surface area (Å²) in [5.74, 6) is 3.50. The van der Waals surface area contributed by atoms with Crippen LogP contribution in [-0.2, 0) is 4.79 Å². The quantitative estimate of drug-likeness (QED) is 0.521. The number of ketones is 1. The van der Waals surface area contributed by atoms with Gasteiger partial charge in [-0.2, -0.15) is 0 Å². The largest absolute Gasteiger partial charge is 0.300 e. The zero-order chi connectivity index (χ0) is 8.65. The van der Waals surface area contributed by atoms with Gasteiger partial charge < -0.3 is 0 Å². The van der Waals surface area contributed by atoms with Gasteiger partial charge in [-0.05, 0) is 18.8 Å². The van der Waals surface area contributed by atoms with Crippen molar-refractivity contribution in [1.82, 2.24) is 0 Å². The van der Waals surface area contributed by atoms with Gasteiger partial charge in [0.25, 0.3) is 0 Å². The molecule has 1 aliphatic carbocycles. The summed E-state index contributed by atoms with van der Waals surface area (Å²) < 4.78 is 0. The molecule has 1 fully saturated rings. The molecule has 0 amide bonds. The van der Waals surface area contributed by atoms with E-state index in [0.717, 1.165) is 6.42 Å². The van der Waals surface area contributed by atoms with Crippen molar-refractivity contribution < 1.29 is 4.79 Å². The fraction of sp³-hybridized carbons (Fsp3) is 0.700. The molecule has 0 N–H and O–H groups in total. The van der Waals surface area contributed by atoms with Gasteiger partial charge in [0.05, 0.1) is 0 Å². The summed E-state index contributed by atoms with van der Waals surface area (Å²) in [6.07, 6.45) is 6.20. The van der Waals surface area contributed by atoms with Gasteiger partial charge in [-0.25, -0.2) is 0 Å². The number of carbonyl (C=O) groups is 1. The molecule has 0 bridgehead atoms. The van der Waals surface area contributed by atoms with Crippen molar-refractivity contribution in [1.29, 1.82) is 0 Å². The molecule has 0 aromatic heterocycles. The van der Waals surface area contributed by atoms with Crippen LogP contribution in [0.4, 0.5) is 0 Å². The molecule has 60 valence electrons. The summed E-state index contributed by atoms with van der Waals surface area (Å²) in [7, 11) is 0. The van der Waals surface area contributed by atoms with Gasteiger partial charge in [0.1, 0.15) is 5.78 Å². The molecule has 0 aromatic rings. The fourth-order valence-corrected chi connectivity index (χ4v) is 1.90. The van der Waals surface area contributed by atoms with E-state index in [9.17, 15) is 4.79 Å². The molecule has 1 nitrogen and oxygen atoms in total. The second kappa shape index (κ2) is 2.37. The number of rotatable bonds is 1. The van der Waals surface area contributed by atoms with Gasteiger partial charge in [0, 0.05) is 11.8 Å². The van der Waals surface area contributed by atoms with E-state index in [1.165, 1.54) is 0 Å². The van der Waals surface area contributed by atoms with Crippen molar-refractivity contribution in [2.45, 2.75) is 27.2 Å². The lowest BCUT2D eigenvalue weighted by molar-refractivity contribution is -0.132. The highest BCUT2D eigenvalue weighted by Crippen LogP contribution is 2.51. The molecular weight excluding hydrogens is 136 g/mol. The first-order chi connectivity index (χ1) is 5.00. The third-order valence-electron chi connectivity index (χ3n) is 2.96. The molecule has 1 saturated carbocycles. The Morgan fingerprint density at radius 3 is 2.45 bits per heavy atom. The van der Waals surface area contributed by atoms with Gasteiger partial charge in [-0.15, -0.1) is 12.3 Å². The number of hydrogen-bond acceptors (Lipinski definition) is 1. The number of carbonyl (C=O) groups excluding carboxylic acids is 1. The minimum absolute atomic E-state index is 0.0422. The molecule has 1 rings (SSSR count). The van der Waals surface area contributed by atoms with Gasteiger partial charge in [-0.1, -0.05) is 13.8 Å². The lowest BCUT2D eigenvalue weighted by Gasteiger charge is -2.48. The van der Waals surface area contributed by atoms with E-state index >= 15 is 0 Å². The first kappa shape index (κ1) is 8.33. The third kappa shape index (κ3) is 1.07. The van der Waals surface area contributed by atoms with Crippen LogP contribution in [0.15, 0.2) is 0 Å². The number of hydrogen-bond donors (Lipinski definition) is 0. The van der Waals surface area contributed by atoms with Crippen LogP contribution in [0.2, 0.25) is 0 Å². The molecule has 0 aliphatic heterocycles. The van der Waals surface area contributed by atoms with E-state index in [1.54, 1.807) is 6.92 Å². The number of Topliss-reactive ketones (excluding diaryl/α,β-unsaturated/α-hetero) is 1. The maximum Gasteiger partial charge on any atom is 0.133 e. The molecule has 0 spiro atoms. The number of terminal acetylenes is 1. The average Bonchev–Trinajstić information content (AvgIpc) is 1.85. The van der Waals surface area contributed by atoms with Crippen molar-refractivity contribution in [2.75, 3.05) is 0 Å². The van der Waals surface area contributed by atoms with Crippen molar-refractivity contribution in [3.8, 4) is 12.3 Å². The first-order valence-electron chi connectivity index (χ1n) is 3.96. The molecule has 0 aromatic carbocycles. The normalized spacial score (nSPS) is 33.6. The third-order valence-corrected chi connectivity index (χ3v) is 2.96. The lowest BCUT2D eigenvalue weighted by atomic mass is 9.54. The Morgan fingerprint density at radius 2 is 2.18 bits per heavy atom. The van der Waals surface area contributed by atoms with Gasteiger partial charge >= 0.3 is 0 Å². The van der Waals surface area contributed by atoms with Gasteiger partial charge in [-0.3, -0.25) is 4.79 Å². The van der Waals surface area contributed by atoms with Gasteiger partial charge in [0.2, 0.25) is 0 Å². The van der Waals surface area contributed by atoms with Crippen LogP contribution in [-0.4, -0.2) is 5.78 Å². The Hall–Kier alpha value is -0.770. The highest BCUT2D eigenvalue weighted by molar-refractivity contribution is 5.80. The average molecular weight is 150 g/mol. The van der Waals surface area contributed by atoms with E-state index in [4.69, 9.17) is 6.42 Å². The molecular formula is C10H14O. The Bertz CT molecular complexity index is 220. The SMILES string of the molecule is C#CC1CC(C(C)=O)C1(C)C. The highest BCUT2D eigenvalue weighted by atomic mass is 16.1. The van der Waals surface area contributed by atoms with Crippen LogP contribution in [0, 0.1) is 29.6 Å². The summed E-state index contributed by atoms with van der Waals surface area (Å²) in [5.41, 5.74) is 0.0422. The van der Waals surface area contributed by atoms with Crippen molar-refractivity contribution in [3.05, 3.63) is 0 Å².